The van der Waals surface area contributed by atoms with Gasteiger partial charge in [-0.1, -0.05) is 6.07 Å². The summed E-state index contributed by atoms with van der Waals surface area (Å²) in [6.45, 7) is -0.854. The van der Waals surface area contributed by atoms with Crippen LogP contribution in [0.15, 0.2) is 18.2 Å². The van der Waals surface area contributed by atoms with Gasteiger partial charge in [-0.3, -0.25) is 9.59 Å². The third kappa shape index (κ3) is 3.33. The molecule has 2 N–H and O–H groups in total. The summed E-state index contributed by atoms with van der Waals surface area (Å²) in [5.41, 5.74) is 0.0385. The maximum absolute atomic E-state index is 13.7. The predicted octanol–water partition coefficient (Wildman–Crippen LogP) is 1.47. The molecule has 9 heteroatoms. The van der Waals surface area contributed by atoms with Crippen molar-refractivity contribution in [2.45, 2.75) is 24.4 Å². The van der Waals surface area contributed by atoms with Crippen LogP contribution in [0.2, 0.25) is 0 Å². The van der Waals surface area contributed by atoms with Crippen molar-refractivity contribution in [3.63, 3.8) is 0 Å². The topological polar surface area (TPSA) is 61.4 Å². The number of nitrogens with one attached hydrogen (secondary N) is 2. The predicted molar refractivity (Wildman–Crippen MR) is 81.6 cm³/mol. The Hall–Kier alpha value is -2.16. The molecule has 2 heterocycles. The molecule has 2 aliphatic rings. The van der Waals surface area contributed by atoms with Crippen LogP contribution in [0.4, 0.5) is 23.2 Å². The average Bonchev–Trinajstić information content (AvgIpc) is 2.76. The number of benzene rings is 1. The van der Waals surface area contributed by atoms with Crippen molar-refractivity contribution in [3.05, 3.63) is 29.6 Å². The maximum atomic E-state index is 13.7. The van der Waals surface area contributed by atoms with Crippen molar-refractivity contribution in [1.29, 1.82) is 0 Å². The molecular weight excluding hydrogens is 342 g/mol. The molecule has 2 aliphatic heterocycles. The first-order chi connectivity index (χ1) is 11.7. The van der Waals surface area contributed by atoms with E-state index < -0.39 is 36.4 Å². The standard InChI is InChI=1S/C16H17F4N3O2/c17-10-1-2-11-12(7-10)23(8-13(24)22-9-16(18,19)20)14(25)15(11)3-5-21-6-4-15/h1-2,7,21H,3-6,8-9H2,(H,22,24). The number of amides is 2. The Morgan fingerprint density at radius 2 is 1.96 bits per heavy atom. The molecule has 0 aromatic heterocycles. The molecule has 0 aliphatic carbocycles. The molecular formula is C16H17F4N3O2. The Bertz CT molecular complexity index is 699. The summed E-state index contributed by atoms with van der Waals surface area (Å²) in [4.78, 5) is 25.9. The number of halogens is 4. The van der Waals surface area contributed by atoms with Gasteiger partial charge < -0.3 is 15.5 Å². The van der Waals surface area contributed by atoms with Crippen LogP contribution in [0.25, 0.3) is 0 Å². The van der Waals surface area contributed by atoms with E-state index in [0.29, 0.717) is 31.5 Å². The van der Waals surface area contributed by atoms with Crippen molar-refractivity contribution in [2.24, 2.45) is 0 Å². The number of hydrogen-bond donors (Lipinski definition) is 2. The molecule has 1 fully saturated rings. The fourth-order valence-electron chi connectivity index (χ4n) is 3.51. The monoisotopic (exact) mass is 359 g/mol. The summed E-state index contributed by atoms with van der Waals surface area (Å²) < 4.78 is 50.4. The van der Waals surface area contributed by atoms with E-state index in [-0.39, 0.29) is 11.6 Å². The molecule has 0 unspecified atom stereocenters. The fraction of sp³-hybridized carbons (Fsp3) is 0.500. The number of rotatable bonds is 3. The summed E-state index contributed by atoms with van der Waals surface area (Å²) in [6, 6.07) is 3.94. The number of fused-ring (bicyclic) bond motifs is 2. The van der Waals surface area contributed by atoms with Gasteiger partial charge in [-0.15, -0.1) is 0 Å². The lowest BCUT2D eigenvalue weighted by atomic mass is 9.74. The summed E-state index contributed by atoms with van der Waals surface area (Å²) in [5, 5.41) is 4.88. The summed E-state index contributed by atoms with van der Waals surface area (Å²) >= 11 is 0. The quantitative estimate of drug-likeness (QED) is 0.804. The van der Waals surface area contributed by atoms with Gasteiger partial charge in [0.15, 0.2) is 0 Å². The van der Waals surface area contributed by atoms with Crippen LogP contribution >= 0.6 is 0 Å². The minimum absolute atomic E-state index is 0.258. The van der Waals surface area contributed by atoms with E-state index in [1.54, 1.807) is 5.32 Å². The van der Waals surface area contributed by atoms with E-state index >= 15 is 0 Å². The maximum Gasteiger partial charge on any atom is 0.405 e. The van der Waals surface area contributed by atoms with Gasteiger partial charge in [-0.25, -0.2) is 4.39 Å². The van der Waals surface area contributed by atoms with Gasteiger partial charge in [0.2, 0.25) is 11.8 Å². The zero-order chi connectivity index (χ0) is 18.2. The van der Waals surface area contributed by atoms with Gasteiger partial charge in [0.1, 0.15) is 18.9 Å². The first-order valence-corrected chi connectivity index (χ1v) is 7.89. The van der Waals surface area contributed by atoms with E-state index in [4.69, 9.17) is 0 Å². The SMILES string of the molecule is O=C(CN1C(=O)C2(CCNCC2)c2ccc(F)cc21)NCC(F)(F)F. The number of hydrogen-bond acceptors (Lipinski definition) is 3. The van der Waals surface area contributed by atoms with Crippen LogP contribution in [0, 0.1) is 5.82 Å². The molecule has 2 amide bonds. The normalized spacial score (nSPS) is 19.2. The number of alkyl halides is 3. The van der Waals surface area contributed by atoms with Crippen molar-refractivity contribution < 1.29 is 27.2 Å². The number of carbonyl (C=O) groups is 2. The molecule has 1 aromatic rings. The van der Waals surface area contributed by atoms with E-state index in [9.17, 15) is 27.2 Å². The second kappa shape index (κ2) is 6.29. The Morgan fingerprint density at radius 3 is 2.60 bits per heavy atom. The third-order valence-corrected chi connectivity index (χ3v) is 4.67. The Kier molecular flexibility index (Phi) is 4.44. The first kappa shape index (κ1) is 17.7. The van der Waals surface area contributed by atoms with E-state index in [0.717, 1.165) is 11.0 Å². The summed E-state index contributed by atoms with van der Waals surface area (Å²) in [5.74, 6) is -1.87. The molecule has 0 atom stereocenters. The molecule has 5 nitrogen and oxygen atoms in total. The van der Waals surface area contributed by atoms with Crippen LogP contribution in [-0.4, -0.2) is 44.2 Å². The molecule has 1 aromatic carbocycles. The highest BCUT2D eigenvalue weighted by atomic mass is 19.4. The second-order valence-corrected chi connectivity index (χ2v) is 6.28. The van der Waals surface area contributed by atoms with Crippen molar-refractivity contribution in [1.82, 2.24) is 10.6 Å². The zero-order valence-corrected chi connectivity index (χ0v) is 13.3. The Labute approximate surface area is 141 Å². The lowest BCUT2D eigenvalue weighted by Crippen LogP contribution is -2.49. The van der Waals surface area contributed by atoms with E-state index in [1.165, 1.54) is 12.1 Å². The highest BCUT2D eigenvalue weighted by molar-refractivity contribution is 6.10. The molecule has 1 spiro atoms. The molecule has 0 radical (unpaired) electrons. The Balaban J connectivity index is 1.86. The van der Waals surface area contributed by atoms with Crippen molar-refractivity contribution in [3.8, 4) is 0 Å². The third-order valence-electron chi connectivity index (χ3n) is 4.67. The van der Waals surface area contributed by atoms with Crippen molar-refractivity contribution in [2.75, 3.05) is 31.1 Å². The smallest absolute Gasteiger partial charge is 0.345 e. The number of piperidine rings is 1. The molecule has 136 valence electrons. The van der Waals surface area contributed by atoms with E-state index in [2.05, 4.69) is 5.32 Å². The van der Waals surface area contributed by atoms with Crippen LogP contribution in [0.1, 0.15) is 18.4 Å². The Morgan fingerprint density at radius 1 is 1.28 bits per heavy atom. The lowest BCUT2D eigenvalue weighted by molar-refractivity contribution is -0.138. The second-order valence-electron chi connectivity index (χ2n) is 6.28. The van der Waals surface area contributed by atoms with Gasteiger partial charge in [-0.2, -0.15) is 13.2 Å². The van der Waals surface area contributed by atoms with Gasteiger partial charge in [0.25, 0.3) is 0 Å². The zero-order valence-electron chi connectivity index (χ0n) is 13.3. The minimum atomic E-state index is -4.54. The van der Waals surface area contributed by atoms with E-state index in [1.807, 2.05) is 0 Å². The highest BCUT2D eigenvalue weighted by Crippen LogP contribution is 2.47. The summed E-state index contributed by atoms with van der Waals surface area (Å²) in [6.07, 6.45) is -3.55. The van der Waals surface area contributed by atoms with Crippen LogP contribution < -0.4 is 15.5 Å². The molecule has 0 saturated carbocycles. The van der Waals surface area contributed by atoms with Gasteiger partial charge in [0, 0.05) is 0 Å². The highest BCUT2D eigenvalue weighted by Gasteiger charge is 2.51. The van der Waals surface area contributed by atoms with Crippen LogP contribution in [-0.2, 0) is 15.0 Å². The number of carbonyl (C=O) groups excluding carboxylic acids is 2. The van der Waals surface area contributed by atoms with Crippen LogP contribution in [0.5, 0.6) is 0 Å². The van der Waals surface area contributed by atoms with Gasteiger partial charge in [0.05, 0.1) is 11.1 Å². The average molecular weight is 359 g/mol. The molecule has 1 saturated heterocycles. The largest absolute Gasteiger partial charge is 0.405 e. The molecule has 25 heavy (non-hydrogen) atoms. The number of nitrogens with zero attached hydrogens (tertiary/aromatic N) is 1. The van der Waals surface area contributed by atoms with Gasteiger partial charge >= 0.3 is 6.18 Å². The lowest BCUT2D eigenvalue weighted by Gasteiger charge is -2.33. The fourth-order valence-corrected chi connectivity index (χ4v) is 3.51. The summed E-state index contributed by atoms with van der Waals surface area (Å²) in [7, 11) is 0. The first-order valence-electron chi connectivity index (χ1n) is 7.89. The molecule has 0 bridgehead atoms. The van der Waals surface area contributed by atoms with Gasteiger partial charge in [-0.05, 0) is 43.6 Å². The molecule has 3 rings (SSSR count). The van der Waals surface area contributed by atoms with Crippen molar-refractivity contribution >= 4 is 17.5 Å². The van der Waals surface area contributed by atoms with Crippen LogP contribution in [0.3, 0.4) is 0 Å². The minimum Gasteiger partial charge on any atom is -0.345 e. The number of anilines is 1.